The molecule has 17 heavy (non-hydrogen) atoms. The number of carbonyl (C=O) groups is 1. The van der Waals surface area contributed by atoms with Crippen LogP contribution in [0, 0.1) is 0 Å². The van der Waals surface area contributed by atoms with E-state index in [1.165, 1.54) is 6.26 Å². The molecule has 1 rings (SSSR count). The van der Waals surface area contributed by atoms with Crippen LogP contribution in [0.4, 0.5) is 0 Å². The monoisotopic (exact) mass is 263 g/mol. The Kier molecular flexibility index (Phi) is 4.94. The van der Waals surface area contributed by atoms with Crippen LogP contribution >= 0.6 is 0 Å². The SMILES string of the molecule is CCCN(CC(=O)O)C1CCCC1S(C)(=O)=O. The molecule has 0 aromatic heterocycles. The molecule has 0 spiro atoms. The van der Waals surface area contributed by atoms with Crippen molar-refractivity contribution in [3.8, 4) is 0 Å². The van der Waals surface area contributed by atoms with Crippen molar-refractivity contribution in [1.29, 1.82) is 0 Å². The fourth-order valence-electron chi connectivity index (χ4n) is 2.65. The highest BCUT2D eigenvalue weighted by Crippen LogP contribution is 2.29. The van der Waals surface area contributed by atoms with E-state index in [1.807, 2.05) is 6.92 Å². The van der Waals surface area contributed by atoms with Gasteiger partial charge >= 0.3 is 5.97 Å². The number of carboxylic acid groups (broad SMARTS) is 1. The number of hydrogen-bond donors (Lipinski definition) is 1. The number of sulfone groups is 1. The minimum absolute atomic E-state index is 0.0650. The van der Waals surface area contributed by atoms with E-state index in [0.717, 1.165) is 19.3 Å². The lowest BCUT2D eigenvalue weighted by atomic mass is 10.2. The van der Waals surface area contributed by atoms with Gasteiger partial charge in [0.2, 0.25) is 0 Å². The minimum atomic E-state index is -3.09. The third-order valence-electron chi connectivity index (χ3n) is 3.29. The topological polar surface area (TPSA) is 74.7 Å². The first-order valence-corrected chi connectivity index (χ1v) is 7.96. The predicted molar refractivity (Wildman–Crippen MR) is 65.8 cm³/mol. The first-order valence-electron chi connectivity index (χ1n) is 6.01. The molecule has 2 atom stereocenters. The number of rotatable bonds is 6. The van der Waals surface area contributed by atoms with Crippen molar-refractivity contribution < 1.29 is 18.3 Å². The summed E-state index contributed by atoms with van der Waals surface area (Å²) in [6.07, 6.45) is 4.39. The van der Waals surface area contributed by atoms with Crippen molar-refractivity contribution in [2.75, 3.05) is 19.3 Å². The summed E-state index contributed by atoms with van der Waals surface area (Å²) in [5, 5.41) is 8.47. The summed E-state index contributed by atoms with van der Waals surface area (Å²) in [5.41, 5.74) is 0. The molecule has 1 fully saturated rings. The Morgan fingerprint density at radius 3 is 2.53 bits per heavy atom. The Balaban J connectivity index is 2.82. The van der Waals surface area contributed by atoms with Gasteiger partial charge in [-0.2, -0.15) is 0 Å². The third-order valence-corrected chi connectivity index (χ3v) is 4.94. The normalized spacial score (nSPS) is 25.4. The van der Waals surface area contributed by atoms with Gasteiger partial charge in [0, 0.05) is 12.3 Å². The standard InChI is InChI=1S/C11H21NO4S/c1-3-7-12(8-11(13)14)9-5-4-6-10(9)17(2,15)16/h9-10H,3-8H2,1-2H3,(H,13,14). The molecule has 0 amide bonds. The number of carboxylic acids is 1. The van der Waals surface area contributed by atoms with E-state index < -0.39 is 21.1 Å². The molecule has 5 nitrogen and oxygen atoms in total. The van der Waals surface area contributed by atoms with Crippen molar-refractivity contribution >= 4 is 15.8 Å². The summed E-state index contributed by atoms with van der Waals surface area (Å²) >= 11 is 0. The molecule has 0 aromatic rings. The van der Waals surface area contributed by atoms with E-state index in [0.29, 0.717) is 13.0 Å². The Labute approximate surface area is 103 Å². The largest absolute Gasteiger partial charge is 0.480 e. The van der Waals surface area contributed by atoms with Crippen LogP contribution in [-0.4, -0.2) is 55.0 Å². The molecule has 1 saturated carbocycles. The maximum absolute atomic E-state index is 11.7. The Hall–Kier alpha value is -0.620. The minimum Gasteiger partial charge on any atom is -0.480 e. The lowest BCUT2D eigenvalue weighted by Crippen LogP contribution is -2.46. The molecular formula is C11H21NO4S. The van der Waals surface area contributed by atoms with E-state index in [4.69, 9.17) is 5.11 Å². The summed E-state index contributed by atoms with van der Waals surface area (Å²) < 4.78 is 23.3. The lowest BCUT2D eigenvalue weighted by molar-refractivity contribution is -0.138. The van der Waals surface area contributed by atoms with E-state index in [2.05, 4.69) is 0 Å². The van der Waals surface area contributed by atoms with Gasteiger partial charge in [-0.25, -0.2) is 8.42 Å². The maximum atomic E-state index is 11.7. The summed E-state index contributed by atoms with van der Waals surface area (Å²) in [4.78, 5) is 12.6. The van der Waals surface area contributed by atoms with Crippen molar-refractivity contribution in [2.45, 2.75) is 43.9 Å². The van der Waals surface area contributed by atoms with Gasteiger partial charge in [-0.05, 0) is 25.8 Å². The first kappa shape index (κ1) is 14.4. The molecule has 1 aliphatic rings. The van der Waals surface area contributed by atoms with Gasteiger partial charge in [0.25, 0.3) is 0 Å². The van der Waals surface area contributed by atoms with Crippen LogP contribution in [-0.2, 0) is 14.6 Å². The summed E-state index contributed by atoms with van der Waals surface area (Å²) in [5.74, 6) is -0.891. The van der Waals surface area contributed by atoms with Gasteiger partial charge in [0.1, 0.15) is 0 Å². The van der Waals surface area contributed by atoms with Crippen LogP contribution in [0.3, 0.4) is 0 Å². The van der Waals surface area contributed by atoms with Crippen LogP contribution in [0.1, 0.15) is 32.6 Å². The molecular weight excluding hydrogens is 242 g/mol. The maximum Gasteiger partial charge on any atom is 0.317 e. The molecule has 6 heteroatoms. The second kappa shape index (κ2) is 5.82. The van der Waals surface area contributed by atoms with Gasteiger partial charge in [0.05, 0.1) is 11.8 Å². The smallest absolute Gasteiger partial charge is 0.317 e. The van der Waals surface area contributed by atoms with E-state index in [1.54, 1.807) is 4.90 Å². The number of aliphatic carboxylic acids is 1. The quantitative estimate of drug-likeness (QED) is 0.765. The molecule has 0 bridgehead atoms. The van der Waals surface area contributed by atoms with E-state index in [-0.39, 0.29) is 12.6 Å². The highest BCUT2D eigenvalue weighted by atomic mass is 32.2. The van der Waals surface area contributed by atoms with Crippen LogP contribution in [0.15, 0.2) is 0 Å². The van der Waals surface area contributed by atoms with Gasteiger partial charge in [0.15, 0.2) is 9.84 Å². The molecule has 0 heterocycles. The number of hydrogen-bond acceptors (Lipinski definition) is 4. The van der Waals surface area contributed by atoms with Crippen LogP contribution in [0.25, 0.3) is 0 Å². The van der Waals surface area contributed by atoms with E-state index >= 15 is 0 Å². The van der Waals surface area contributed by atoms with Crippen molar-refractivity contribution in [3.63, 3.8) is 0 Å². The molecule has 100 valence electrons. The van der Waals surface area contributed by atoms with Gasteiger partial charge in [-0.15, -0.1) is 0 Å². The molecule has 0 aliphatic heterocycles. The fourth-order valence-corrected chi connectivity index (χ4v) is 4.12. The van der Waals surface area contributed by atoms with Gasteiger partial charge < -0.3 is 5.11 Å². The van der Waals surface area contributed by atoms with Crippen LogP contribution in [0.5, 0.6) is 0 Å². The summed E-state index contributed by atoms with van der Waals surface area (Å²) in [7, 11) is -3.09. The third kappa shape index (κ3) is 3.96. The Morgan fingerprint density at radius 1 is 1.41 bits per heavy atom. The highest BCUT2D eigenvalue weighted by Gasteiger charge is 2.38. The molecule has 1 aliphatic carbocycles. The second-order valence-electron chi connectivity index (χ2n) is 4.73. The zero-order valence-electron chi connectivity index (χ0n) is 10.4. The Morgan fingerprint density at radius 2 is 2.06 bits per heavy atom. The first-order chi connectivity index (χ1) is 7.86. The number of nitrogens with zero attached hydrogens (tertiary/aromatic N) is 1. The second-order valence-corrected chi connectivity index (χ2v) is 6.99. The zero-order valence-corrected chi connectivity index (χ0v) is 11.2. The summed E-state index contributed by atoms with van der Waals surface area (Å²) in [6, 6.07) is -0.124. The summed E-state index contributed by atoms with van der Waals surface area (Å²) in [6.45, 7) is 2.55. The van der Waals surface area contributed by atoms with Crippen molar-refractivity contribution in [3.05, 3.63) is 0 Å². The van der Waals surface area contributed by atoms with Crippen molar-refractivity contribution in [2.24, 2.45) is 0 Å². The molecule has 0 aromatic carbocycles. The molecule has 0 saturated heterocycles. The highest BCUT2D eigenvalue weighted by molar-refractivity contribution is 7.91. The van der Waals surface area contributed by atoms with E-state index in [9.17, 15) is 13.2 Å². The van der Waals surface area contributed by atoms with Gasteiger partial charge in [-0.3, -0.25) is 9.69 Å². The molecule has 2 unspecified atom stereocenters. The predicted octanol–water partition coefficient (Wildman–Crippen LogP) is 0.749. The fraction of sp³-hybridized carbons (Fsp3) is 0.909. The molecule has 1 N–H and O–H groups in total. The van der Waals surface area contributed by atoms with Crippen LogP contribution < -0.4 is 0 Å². The zero-order chi connectivity index (χ0) is 13.1. The Bertz CT molecular complexity index is 366. The van der Waals surface area contributed by atoms with Gasteiger partial charge in [-0.1, -0.05) is 13.3 Å². The van der Waals surface area contributed by atoms with Crippen LogP contribution in [0.2, 0.25) is 0 Å². The molecule has 0 radical (unpaired) electrons. The van der Waals surface area contributed by atoms with Crippen molar-refractivity contribution in [1.82, 2.24) is 4.90 Å². The average molecular weight is 263 g/mol. The lowest BCUT2D eigenvalue weighted by Gasteiger charge is -2.30. The average Bonchev–Trinajstić information content (AvgIpc) is 2.63.